The topological polar surface area (TPSA) is 95.5 Å². The monoisotopic (exact) mass is 376 g/mol. The molecule has 1 amide bonds. The van der Waals surface area contributed by atoms with Crippen LogP contribution in [0.1, 0.15) is 40.6 Å². The quantitative estimate of drug-likeness (QED) is 0.627. The van der Waals surface area contributed by atoms with Crippen molar-refractivity contribution < 1.29 is 24.2 Å². The molecule has 4 atom stereocenters. The van der Waals surface area contributed by atoms with Crippen LogP contribution in [0.4, 0.5) is 5.00 Å². The van der Waals surface area contributed by atoms with Gasteiger partial charge in [0.2, 0.25) is 5.91 Å². The molecule has 1 aromatic heterocycles. The third-order valence-electron chi connectivity index (χ3n) is 5.42. The van der Waals surface area contributed by atoms with Crippen molar-refractivity contribution in [3.8, 4) is 0 Å². The lowest BCUT2D eigenvalue weighted by molar-refractivity contribution is -0.316. The lowest BCUT2D eigenvalue weighted by Gasteiger charge is -2.44. The van der Waals surface area contributed by atoms with Gasteiger partial charge in [0, 0.05) is 16.8 Å². The number of aryl methyl sites for hydroxylation is 1. The third kappa shape index (κ3) is 3.16. The second-order valence-corrected chi connectivity index (χ2v) is 8.08. The van der Waals surface area contributed by atoms with Gasteiger partial charge in [-0.2, -0.15) is 0 Å². The molecular formula is C19H22NO5S-. The van der Waals surface area contributed by atoms with E-state index in [0.717, 1.165) is 23.3 Å². The smallest absolute Gasteiger partial charge is 0.341 e. The SMILES string of the molecule is CCOC(=O)c1c(NC(=O)[C@@H]2[C@@H](C(=O)[O-])[C@H]3C=C[C@@H]2CC3)sc(C)c1C. The van der Waals surface area contributed by atoms with Crippen molar-refractivity contribution in [2.45, 2.75) is 33.6 Å². The molecule has 6 nitrogen and oxygen atoms in total. The molecule has 3 aliphatic rings. The van der Waals surface area contributed by atoms with Crippen molar-refractivity contribution in [3.63, 3.8) is 0 Å². The summed E-state index contributed by atoms with van der Waals surface area (Å²) in [6.07, 6.45) is 5.38. The van der Waals surface area contributed by atoms with E-state index in [1.165, 1.54) is 11.3 Å². The summed E-state index contributed by atoms with van der Waals surface area (Å²) in [4.78, 5) is 37.8. The number of hydrogen-bond donors (Lipinski definition) is 1. The molecule has 1 saturated carbocycles. The molecule has 0 saturated heterocycles. The molecule has 4 rings (SSSR count). The molecule has 26 heavy (non-hydrogen) atoms. The lowest BCUT2D eigenvalue weighted by atomic mass is 9.62. The van der Waals surface area contributed by atoms with E-state index >= 15 is 0 Å². The minimum atomic E-state index is -1.19. The van der Waals surface area contributed by atoms with Gasteiger partial charge in [0.1, 0.15) is 5.00 Å². The molecule has 0 aliphatic heterocycles. The van der Waals surface area contributed by atoms with Crippen LogP contribution < -0.4 is 10.4 Å². The summed E-state index contributed by atoms with van der Waals surface area (Å²) in [7, 11) is 0. The number of anilines is 1. The van der Waals surface area contributed by atoms with Gasteiger partial charge in [-0.05, 0) is 51.0 Å². The van der Waals surface area contributed by atoms with Crippen molar-refractivity contribution in [2.24, 2.45) is 23.7 Å². The molecule has 140 valence electrons. The van der Waals surface area contributed by atoms with Crippen LogP contribution in [-0.4, -0.2) is 24.5 Å². The van der Waals surface area contributed by atoms with Gasteiger partial charge in [-0.15, -0.1) is 11.3 Å². The van der Waals surface area contributed by atoms with E-state index in [4.69, 9.17) is 4.74 Å². The number of carboxylic acids is 1. The number of carbonyl (C=O) groups is 3. The van der Waals surface area contributed by atoms with Crippen molar-refractivity contribution in [1.82, 2.24) is 0 Å². The van der Waals surface area contributed by atoms with Crippen molar-refractivity contribution in [2.75, 3.05) is 11.9 Å². The molecule has 1 N–H and O–H groups in total. The van der Waals surface area contributed by atoms with Gasteiger partial charge in [0.05, 0.1) is 18.1 Å². The number of amides is 1. The summed E-state index contributed by atoms with van der Waals surface area (Å²) in [5.74, 6) is -3.83. The number of carboxylic acid groups (broad SMARTS) is 1. The first kappa shape index (κ1) is 18.6. The Balaban J connectivity index is 1.88. The molecule has 0 spiro atoms. The maximum Gasteiger partial charge on any atom is 0.341 e. The summed E-state index contributed by atoms with van der Waals surface area (Å²) < 4.78 is 5.10. The molecule has 1 aromatic rings. The van der Waals surface area contributed by atoms with Crippen LogP contribution in [0.5, 0.6) is 0 Å². The van der Waals surface area contributed by atoms with Gasteiger partial charge in [0.25, 0.3) is 0 Å². The molecule has 7 heteroatoms. The first-order valence-corrected chi connectivity index (χ1v) is 9.63. The maximum absolute atomic E-state index is 12.9. The summed E-state index contributed by atoms with van der Waals surface area (Å²) in [6, 6.07) is 0. The van der Waals surface area contributed by atoms with E-state index < -0.39 is 23.8 Å². The van der Waals surface area contributed by atoms with Crippen LogP contribution in [0.15, 0.2) is 12.2 Å². The molecule has 1 fully saturated rings. The Morgan fingerprint density at radius 1 is 1.19 bits per heavy atom. The number of nitrogens with one attached hydrogen (secondary N) is 1. The average molecular weight is 376 g/mol. The van der Waals surface area contributed by atoms with Crippen molar-refractivity contribution in [1.29, 1.82) is 0 Å². The zero-order chi connectivity index (χ0) is 19.0. The molecule has 0 aromatic carbocycles. The van der Waals surface area contributed by atoms with Gasteiger partial charge in [-0.25, -0.2) is 4.79 Å². The number of fused-ring (bicyclic) bond motifs is 2. The highest BCUT2D eigenvalue weighted by molar-refractivity contribution is 7.16. The predicted molar refractivity (Wildman–Crippen MR) is 95.7 cm³/mol. The van der Waals surface area contributed by atoms with Crippen LogP contribution in [0.2, 0.25) is 0 Å². The molecular weight excluding hydrogens is 354 g/mol. The van der Waals surface area contributed by atoms with Crippen LogP contribution in [0, 0.1) is 37.5 Å². The minimum absolute atomic E-state index is 0.115. The number of rotatable bonds is 5. The van der Waals surface area contributed by atoms with Crippen molar-refractivity contribution >= 4 is 34.2 Å². The molecule has 2 bridgehead atoms. The largest absolute Gasteiger partial charge is 0.550 e. The summed E-state index contributed by atoms with van der Waals surface area (Å²) in [5.41, 5.74) is 1.12. The molecule has 1 heterocycles. The number of allylic oxidation sites excluding steroid dienone is 2. The van der Waals surface area contributed by atoms with E-state index in [0.29, 0.717) is 10.6 Å². The highest BCUT2D eigenvalue weighted by atomic mass is 32.1. The van der Waals surface area contributed by atoms with E-state index in [1.807, 2.05) is 26.0 Å². The Morgan fingerprint density at radius 3 is 2.35 bits per heavy atom. The fourth-order valence-corrected chi connectivity index (χ4v) is 5.08. The second kappa shape index (κ2) is 7.23. The van der Waals surface area contributed by atoms with Gasteiger partial charge in [0.15, 0.2) is 0 Å². The highest BCUT2D eigenvalue weighted by Gasteiger charge is 2.45. The van der Waals surface area contributed by atoms with Crippen molar-refractivity contribution in [3.05, 3.63) is 28.2 Å². The van der Waals surface area contributed by atoms with E-state index in [2.05, 4.69) is 5.32 Å². The minimum Gasteiger partial charge on any atom is -0.550 e. The zero-order valence-corrected chi connectivity index (χ0v) is 15.9. The Bertz CT molecular complexity index is 781. The Labute approximate surface area is 156 Å². The summed E-state index contributed by atoms with van der Waals surface area (Å²) in [6.45, 7) is 5.64. The normalized spacial score (nSPS) is 26.6. The predicted octanol–water partition coefficient (Wildman–Crippen LogP) is 2.06. The standard InChI is InChI=1S/C19H23NO5S/c1-4-25-19(24)13-9(2)10(3)26-17(13)20-16(21)14-11-5-7-12(8-6-11)15(14)18(22)23/h5,7,11-12,14-15H,4,6,8H2,1-3H3,(H,20,21)(H,22,23)/p-1/t11-,12+,14+,15+/m1/s1. The summed E-state index contributed by atoms with van der Waals surface area (Å²) >= 11 is 1.30. The number of aliphatic carboxylic acids is 1. The van der Waals surface area contributed by atoms with Gasteiger partial charge < -0.3 is 20.0 Å². The molecule has 0 radical (unpaired) electrons. The van der Waals surface area contributed by atoms with Crippen LogP contribution in [0.3, 0.4) is 0 Å². The second-order valence-electron chi connectivity index (χ2n) is 6.86. The van der Waals surface area contributed by atoms with Crippen LogP contribution in [0.25, 0.3) is 0 Å². The lowest BCUT2D eigenvalue weighted by Crippen LogP contribution is -2.51. The maximum atomic E-state index is 12.9. The first-order valence-electron chi connectivity index (χ1n) is 8.82. The number of thiophene rings is 1. The fraction of sp³-hybridized carbons (Fsp3) is 0.526. The third-order valence-corrected chi connectivity index (χ3v) is 6.55. The van der Waals surface area contributed by atoms with Crippen LogP contribution >= 0.6 is 11.3 Å². The van der Waals surface area contributed by atoms with E-state index in [1.54, 1.807) is 6.92 Å². The highest BCUT2D eigenvalue weighted by Crippen LogP contribution is 2.45. The average Bonchev–Trinajstić information content (AvgIpc) is 2.89. The van der Waals surface area contributed by atoms with E-state index in [-0.39, 0.29) is 24.3 Å². The zero-order valence-electron chi connectivity index (χ0n) is 15.0. The Kier molecular flexibility index (Phi) is 5.18. The number of carbonyl (C=O) groups excluding carboxylic acids is 3. The van der Waals surface area contributed by atoms with E-state index in [9.17, 15) is 19.5 Å². The number of esters is 1. The fourth-order valence-electron chi connectivity index (χ4n) is 4.03. The van der Waals surface area contributed by atoms with Gasteiger partial charge >= 0.3 is 5.97 Å². The number of hydrogen-bond acceptors (Lipinski definition) is 6. The molecule has 0 unspecified atom stereocenters. The van der Waals surface area contributed by atoms with Crippen LogP contribution in [-0.2, 0) is 14.3 Å². The summed E-state index contributed by atoms with van der Waals surface area (Å²) in [5, 5.41) is 14.9. The first-order chi connectivity index (χ1) is 12.3. The number of ether oxygens (including phenoxy) is 1. The molecule has 3 aliphatic carbocycles. The van der Waals surface area contributed by atoms with Gasteiger partial charge in [-0.1, -0.05) is 12.2 Å². The Hall–Kier alpha value is -2.15. The van der Waals surface area contributed by atoms with Gasteiger partial charge in [-0.3, -0.25) is 4.79 Å². The Morgan fingerprint density at radius 2 is 1.81 bits per heavy atom.